The highest BCUT2D eigenvalue weighted by molar-refractivity contribution is 5.94. The number of benzene rings is 1. The number of rotatable bonds is 3. The molecule has 9 heteroatoms. The smallest absolute Gasteiger partial charge is 0.308 e. The normalized spacial score (nSPS) is 18.8. The molecule has 2 aliphatic rings. The van der Waals surface area contributed by atoms with Gasteiger partial charge in [0.2, 0.25) is 0 Å². The lowest BCUT2D eigenvalue weighted by molar-refractivity contribution is -0.141. The molecule has 1 atom stereocenters. The highest BCUT2D eigenvalue weighted by Crippen LogP contribution is 2.32. The fourth-order valence-electron chi connectivity index (χ4n) is 3.23. The van der Waals surface area contributed by atoms with E-state index in [-0.39, 0.29) is 18.1 Å². The van der Waals surface area contributed by atoms with Crippen molar-refractivity contribution in [3.63, 3.8) is 0 Å². The third kappa shape index (κ3) is 2.75. The van der Waals surface area contributed by atoms with Crippen molar-refractivity contribution < 1.29 is 24.2 Å². The molecule has 3 heterocycles. The number of ether oxygens (including phenoxy) is 2. The Labute approximate surface area is 149 Å². The zero-order valence-corrected chi connectivity index (χ0v) is 14.2. The highest BCUT2D eigenvalue weighted by atomic mass is 16.6. The maximum Gasteiger partial charge on any atom is 0.308 e. The maximum atomic E-state index is 12.7. The van der Waals surface area contributed by atoms with E-state index in [0.717, 1.165) is 0 Å². The molecule has 0 saturated carbocycles. The van der Waals surface area contributed by atoms with E-state index in [1.165, 1.54) is 4.90 Å². The van der Waals surface area contributed by atoms with Crippen LogP contribution in [0.25, 0.3) is 5.69 Å². The number of hydrogen-bond acceptors (Lipinski definition) is 6. The average molecular weight is 358 g/mol. The zero-order chi connectivity index (χ0) is 18.3. The van der Waals surface area contributed by atoms with Crippen molar-refractivity contribution in [2.75, 3.05) is 26.3 Å². The third-order valence-electron chi connectivity index (χ3n) is 4.69. The fourth-order valence-corrected chi connectivity index (χ4v) is 3.23. The van der Waals surface area contributed by atoms with Gasteiger partial charge in [-0.15, -0.1) is 5.10 Å². The van der Waals surface area contributed by atoms with Crippen molar-refractivity contribution in [1.29, 1.82) is 0 Å². The van der Waals surface area contributed by atoms with E-state index in [2.05, 4.69) is 10.3 Å². The molecule has 9 nitrogen and oxygen atoms in total. The average Bonchev–Trinajstić information content (AvgIpc) is 3.28. The molecule has 0 radical (unpaired) electrons. The van der Waals surface area contributed by atoms with Crippen molar-refractivity contribution in [2.45, 2.75) is 13.3 Å². The summed E-state index contributed by atoms with van der Waals surface area (Å²) in [5, 5.41) is 17.2. The molecule has 1 amide bonds. The number of likely N-dealkylation sites (tertiary alicyclic amines) is 1. The molecule has 1 aromatic heterocycles. The van der Waals surface area contributed by atoms with Gasteiger partial charge < -0.3 is 19.5 Å². The van der Waals surface area contributed by atoms with Crippen molar-refractivity contribution in [1.82, 2.24) is 19.9 Å². The molecule has 1 N–H and O–H groups in total. The standard InChI is InChI=1S/C17H18N4O5/c1-10-15(16(22)20-5-4-11(9-20)17(23)24)18-19-21(10)12-2-3-13-14(8-12)26-7-6-25-13/h2-3,8,11H,4-7,9H2,1H3,(H,23,24)/t11-/m1/s1. The van der Waals surface area contributed by atoms with Crippen LogP contribution in [-0.2, 0) is 4.79 Å². The van der Waals surface area contributed by atoms with Crippen LogP contribution in [0.15, 0.2) is 18.2 Å². The molecule has 26 heavy (non-hydrogen) atoms. The number of carboxylic acids is 1. The number of hydrogen-bond donors (Lipinski definition) is 1. The molecule has 0 spiro atoms. The number of aliphatic carboxylic acids is 1. The molecule has 0 aliphatic carbocycles. The van der Waals surface area contributed by atoms with E-state index in [1.807, 2.05) is 6.07 Å². The number of aromatic nitrogens is 3. The van der Waals surface area contributed by atoms with Crippen LogP contribution >= 0.6 is 0 Å². The largest absolute Gasteiger partial charge is 0.486 e. The lowest BCUT2D eigenvalue weighted by atomic mass is 10.1. The van der Waals surface area contributed by atoms with Gasteiger partial charge in [-0.05, 0) is 25.5 Å². The first-order valence-corrected chi connectivity index (χ1v) is 8.39. The molecule has 1 saturated heterocycles. The van der Waals surface area contributed by atoms with E-state index in [0.29, 0.717) is 49.1 Å². The monoisotopic (exact) mass is 358 g/mol. The minimum Gasteiger partial charge on any atom is -0.486 e. The highest BCUT2D eigenvalue weighted by Gasteiger charge is 2.33. The van der Waals surface area contributed by atoms with Gasteiger partial charge >= 0.3 is 5.97 Å². The van der Waals surface area contributed by atoms with Crippen molar-refractivity contribution >= 4 is 11.9 Å². The van der Waals surface area contributed by atoms with E-state index in [1.54, 1.807) is 23.7 Å². The Balaban J connectivity index is 1.59. The fraction of sp³-hybridized carbons (Fsp3) is 0.412. The summed E-state index contributed by atoms with van der Waals surface area (Å²) in [5.41, 5.74) is 1.53. The quantitative estimate of drug-likeness (QED) is 0.868. The Bertz CT molecular complexity index is 878. The number of carbonyl (C=O) groups is 2. The first-order valence-electron chi connectivity index (χ1n) is 8.39. The number of nitrogens with zero attached hydrogens (tertiary/aromatic N) is 4. The second kappa shape index (κ2) is 6.32. The van der Waals surface area contributed by atoms with Gasteiger partial charge in [-0.3, -0.25) is 9.59 Å². The summed E-state index contributed by atoms with van der Waals surface area (Å²) >= 11 is 0. The van der Waals surface area contributed by atoms with Gasteiger partial charge in [-0.1, -0.05) is 5.21 Å². The molecule has 2 aliphatic heterocycles. The first kappa shape index (κ1) is 16.4. The van der Waals surface area contributed by atoms with Crippen molar-refractivity contribution in [3.8, 4) is 17.2 Å². The van der Waals surface area contributed by atoms with Gasteiger partial charge in [0.15, 0.2) is 17.2 Å². The van der Waals surface area contributed by atoms with Crippen molar-refractivity contribution in [2.24, 2.45) is 5.92 Å². The third-order valence-corrected chi connectivity index (χ3v) is 4.69. The van der Waals surface area contributed by atoms with E-state index in [9.17, 15) is 9.59 Å². The lowest BCUT2D eigenvalue weighted by Gasteiger charge is -2.19. The predicted molar refractivity (Wildman–Crippen MR) is 88.7 cm³/mol. The Kier molecular flexibility index (Phi) is 3.98. The van der Waals surface area contributed by atoms with Crippen LogP contribution in [0.2, 0.25) is 0 Å². The van der Waals surface area contributed by atoms with E-state index >= 15 is 0 Å². The Morgan fingerprint density at radius 2 is 2.00 bits per heavy atom. The Morgan fingerprint density at radius 1 is 1.23 bits per heavy atom. The molecular formula is C17H18N4O5. The number of carboxylic acid groups (broad SMARTS) is 1. The summed E-state index contributed by atoms with van der Waals surface area (Å²) in [4.78, 5) is 25.3. The first-order chi connectivity index (χ1) is 12.5. The van der Waals surface area contributed by atoms with Crippen LogP contribution in [0.4, 0.5) is 0 Å². The minimum absolute atomic E-state index is 0.199. The topological polar surface area (TPSA) is 107 Å². The zero-order valence-electron chi connectivity index (χ0n) is 14.2. The van der Waals surface area contributed by atoms with Crippen LogP contribution in [0.5, 0.6) is 11.5 Å². The summed E-state index contributed by atoms with van der Waals surface area (Å²) in [5.74, 6) is -0.398. The van der Waals surface area contributed by atoms with Crippen LogP contribution in [-0.4, -0.2) is 63.2 Å². The molecule has 1 aromatic carbocycles. The van der Waals surface area contributed by atoms with Gasteiger partial charge in [-0.25, -0.2) is 4.68 Å². The Morgan fingerprint density at radius 3 is 2.73 bits per heavy atom. The summed E-state index contributed by atoms with van der Waals surface area (Å²) in [6, 6.07) is 5.41. The molecule has 2 aromatic rings. The molecule has 0 bridgehead atoms. The van der Waals surface area contributed by atoms with Crippen molar-refractivity contribution in [3.05, 3.63) is 29.6 Å². The molecule has 136 valence electrons. The van der Waals surface area contributed by atoms with Crippen LogP contribution < -0.4 is 9.47 Å². The predicted octanol–water partition coefficient (Wildman–Crippen LogP) is 0.894. The van der Waals surface area contributed by atoms with Gasteiger partial charge in [-0.2, -0.15) is 0 Å². The van der Waals surface area contributed by atoms with Crippen LogP contribution in [0, 0.1) is 12.8 Å². The minimum atomic E-state index is -0.878. The van der Waals surface area contributed by atoms with Crippen LogP contribution in [0.3, 0.4) is 0 Å². The second-order valence-electron chi connectivity index (χ2n) is 6.34. The van der Waals surface area contributed by atoms with Gasteiger partial charge in [0, 0.05) is 19.2 Å². The molecule has 1 fully saturated rings. The van der Waals surface area contributed by atoms with E-state index in [4.69, 9.17) is 14.6 Å². The SMILES string of the molecule is Cc1c(C(=O)N2CC[C@@H](C(=O)O)C2)nnn1-c1ccc2c(c1)OCCO2. The molecule has 0 unspecified atom stereocenters. The lowest BCUT2D eigenvalue weighted by Crippen LogP contribution is -2.30. The Hall–Kier alpha value is -3.10. The number of amides is 1. The van der Waals surface area contributed by atoms with Crippen LogP contribution in [0.1, 0.15) is 22.6 Å². The van der Waals surface area contributed by atoms with Gasteiger partial charge in [0.25, 0.3) is 5.91 Å². The summed E-state index contributed by atoms with van der Waals surface area (Å²) < 4.78 is 12.6. The maximum absolute atomic E-state index is 12.7. The number of fused-ring (bicyclic) bond motifs is 1. The molecular weight excluding hydrogens is 340 g/mol. The summed E-state index contributed by atoms with van der Waals surface area (Å²) in [6.45, 7) is 3.36. The summed E-state index contributed by atoms with van der Waals surface area (Å²) in [7, 11) is 0. The van der Waals surface area contributed by atoms with Gasteiger partial charge in [0.05, 0.1) is 17.3 Å². The summed E-state index contributed by atoms with van der Waals surface area (Å²) in [6.07, 6.45) is 0.455. The number of carbonyl (C=O) groups excluding carboxylic acids is 1. The molecule has 4 rings (SSSR count). The van der Waals surface area contributed by atoms with Gasteiger partial charge in [0.1, 0.15) is 13.2 Å². The second-order valence-corrected chi connectivity index (χ2v) is 6.34. The van der Waals surface area contributed by atoms with E-state index < -0.39 is 11.9 Å².